The molecule has 0 atom stereocenters. The molecule has 25 heavy (non-hydrogen) atoms. The van der Waals surface area contributed by atoms with Gasteiger partial charge in [-0.05, 0) is 24.3 Å². The first-order valence-electron chi connectivity index (χ1n) is 7.33. The highest BCUT2D eigenvalue weighted by Gasteiger charge is 2.13. The first-order chi connectivity index (χ1) is 12.2. The van der Waals surface area contributed by atoms with E-state index in [9.17, 15) is 9.59 Å². The van der Waals surface area contributed by atoms with Crippen LogP contribution in [0.2, 0.25) is 0 Å². The Morgan fingerprint density at radius 2 is 1.92 bits per heavy atom. The van der Waals surface area contributed by atoms with Gasteiger partial charge in [0, 0.05) is 28.4 Å². The molecule has 0 unspecified atom stereocenters. The van der Waals surface area contributed by atoms with Crippen LogP contribution in [0.15, 0.2) is 64.6 Å². The number of amides is 2. The Kier molecular flexibility index (Phi) is 5.76. The van der Waals surface area contributed by atoms with Gasteiger partial charge in [0.2, 0.25) is 0 Å². The number of aromatic nitrogens is 2. The molecule has 0 saturated carbocycles. The van der Waals surface area contributed by atoms with E-state index in [-0.39, 0.29) is 5.91 Å². The number of thiazole rings is 1. The van der Waals surface area contributed by atoms with Gasteiger partial charge in [0.25, 0.3) is 11.8 Å². The SMILES string of the molecule is O=C(NNC(=O)c1ccccc1SCc1cscn1)c1cccnc1. The Morgan fingerprint density at radius 1 is 1.08 bits per heavy atom. The number of hydrazine groups is 1. The molecule has 6 nitrogen and oxygen atoms in total. The Balaban J connectivity index is 1.62. The summed E-state index contributed by atoms with van der Waals surface area (Å²) in [6.45, 7) is 0. The van der Waals surface area contributed by atoms with Crippen LogP contribution in [0.4, 0.5) is 0 Å². The Labute approximate surface area is 152 Å². The molecule has 3 aromatic rings. The third kappa shape index (κ3) is 4.65. The van der Waals surface area contributed by atoms with Crippen molar-refractivity contribution in [2.24, 2.45) is 0 Å². The lowest BCUT2D eigenvalue weighted by Gasteiger charge is -2.10. The van der Waals surface area contributed by atoms with Crippen molar-refractivity contribution in [1.82, 2.24) is 20.8 Å². The monoisotopic (exact) mass is 370 g/mol. The second-order valence-electron chi connectivity index (χ2n) is 4.91. The van der Waals surface area contributed by atoms with Crippen molar-refractivity contribution in [3.63, 3.8) is 0 Å². The fourth-order valence-electron chi connectivity index (χ4n) is 1.99. The van der Waals surface area contributed by atoms with Crippen LogP contribution in [0.1, 0.15) is 26.4 Å². The number of hydrogen-bond acceptors (Lipinski definition) is 6. The molecular weight excluding hydrogens is 356 g/mol. The molecule has 2 heterocycles. The Bertz CT molecular complexity index is 854. The summed E-state index contributed by atoms with van der Waals surface area (Å²) in [6, 6.07) is 10.5. The largest absolute Gasteiger partial charge is 0.271 e. The maximum absolute atomic E-state index is 12.4. The molecule has 0 aliphatic rings. The average Bonchev–Trinajstić information content (AvgIpc) is 3.18. The Hall–Kier alpha value is -2.71. The molecule has 0 saturated heterocycles. The molecule has 3 rings (SSSR count). The number of nitrogens with zero attached hydrogens (tertiary/aromatic N) is 2. The second-order valence-corrected chi connectivity index (χ2v) is 6.65. The summed E-state index contributed by atoms with van der Waals surface area (Å²) in [5, 5.41) is 1.98. The van der Waals surface area contributed by atoms with Crippen molar-refractivity contribution in [2.45, 2.75) is 10.6 Å². The molecule has 0 aliphatic heterocycles. The Morgan fingerprint density at radius 3 is 2.68 bits per heavy atom. The molecule has 0 radical (unpaired) electrons. The van der Waals surface area contributed by atoms with Crippen LogP contribution >= 0.6 is 23.1 Å². The molecule has 0 fully saturated rings. The van der Waals surface area contributed by atoms with Crippen molar-refractivity contribution < 1.29 is 9.59 Å². The van der Waals surface area contributed by atoms with E-state index in [0.29, 0.717) is 16.9 Å². The zero-order valence-electron chi connectivity index (χ0n) is 13.0. The van der Waals surface area contributed by atoms with E-state index in [2.05, 4.69) is 20.8 Å². The van der Waals surface area contributed by atoms with Crippen LogP contribution in [0.5, 0.6) is 0 Å². The van der Waals surface area contributed by atoms with Crippen LogP contribution in [0.25, 0.3) is 0 Å². The van der Waals surface area contributed by atoms with Gasteiger partial charge in [-0.2, -0.15) is 0 Å². The van der Waals surface area contributed by atoms with Crippen LogP contribution in [-0.4, -0.2) is 21.8 Å². The van der Waals surface area contributed by atoms with Crippen LogP contribution in [-0.2, 0) is 5.75 Å². The lowest BCUT2D eigenvalue weighted by Crippen LogP contribution is -2.41. The predicted molar refractivity (Wildman–Crippen MR) is 97.3 cm³/mol. The number of nitrogens with one attached hydrogen (secondary N) is 2. The van der Waals surface area contributed by atoms with E-state index in [4.69, 9.17) is 0 Å². The van der Waals surface area contributed by atoms with Gasteiger partial charge in [-0.15, -0.1) is 23.1 Å². The quantitative estimate of drug-likeness (QED) is 0.533. The summed E-state index contributed by atoms with van der Waals surface area (Å²) in [4.78, 5) is 33.3. The van der Waals surface area contributed by atoms with E-state index in [1.165, 1.54) is 29.3 Å². The van der Waals surface area contributed by atoms with Crippen LogP contribution < -0.4 is 10.9 Å². The van der Waals surface area contributed by atoms with E-state index < -0.39 is 5.91 Å². The number of pyridine rings is 1. The minimum Gasteiger partial charge on any atom is -0.267 e. The molecule has 2 aromatic heterocycles. The molecule has 126 valence electrons. The first kappa shape index (κ1) is 17.1. The van der Waals surface area contributed by atoms with E-state index in [1.807, 2.05) is 17.5 Å². The fourth-order valence-corrected chi connectivity index (χ4v) is 3.61. The highest BCUT2D eigenvalue weighted by molar-refractivity contribution is 7.98. The minimum atomic E-state index is -0.422. The summed E-state index contributed by atoms with van der Waals surface area (Å²) in [6.07, 6.45) is 3.00. The van der Waals surface area contributed by atoms with Gasteiger partial charge < -0.3 is 0 Å². The summed E-state index contributed by atoms with van der Waals surface area (Å²) in [5.41, 5.74) is 8.45. The van der Waals surface area contributed by atoms with Crippen LogP contribution in [0.3, 0.4) is 0 Å². The zero-order chi connectivity index (χ0) is 17.5. The normalized spacial score (nSPS) is 10.2. The van der Waals surface area contributed by atoms with Crippen LogP contribution in [0, 0.1) is 0 Å². The van der Waals surface area contributed by atoms with Gasteiger partial charge in [0.05, 0.1) is 22.3 Å². The number of benzene rings is 1. The van der Waals surface area contributed by atoms with Gasteiger partial charge in [-0.1, -0.05) is 12.1 Å². The lowest BCUT2D eigenvalue weighted by molar-refractivity contribution is 0.0845. The molecule has 2 N–H and O–H groups in total. The van der Waals surface area contributed by atoms with Gasteiger partial charge in [-0.25, -0.2) is 4.98 Å². The maximum atomic E-state index is 12.4. The highest BCUT2D eigenvalue weighted by atomic mass is 32.2. The standard InChI is InChI=1S/C17H14N4O2S2/c22-16(12-4-3-7-18-8-12)20-21-17(23)14-5-1-2-6-15(14)25-10-13-9-24-11-19-13/h1-9,11H,10H2,(H,20,22)(H,21,23). The molecule has 0 aliphatic carbocycles. The summed E-state index contributed by atoms with van der Waals surface area (Å²) in [7, 11) is 0. The molecular formula is C17H14N4O2S2. The number of carbonyl (C=O) groups excluding carboxylic acids is 2. The predicted octanol–water partition coefficient (Wildman–Crippen LogP) is 2.91. The van der Waals surface area contributed by atoms with Crippen molar-refractivity contribution in [3.05, 3.63) is 76.5 Å². The molecule has 2 amide bonds. The maximum Gasteiger partial charge on any atom is 0.271 e. The topological polar surface area (TPSA) is 84.0 Å². The summed E-state index contributed by atoms with van der Waals surface area (Å²) < 4.78 is 0. The average molecular weight is 370 g/mol. The number of thioether (sulfide) groups is 1. The molecule has 8 heteroatoms. The molecule has 0 spiro atoms. The van der Waals surface area contributed by atoms with E-state index in [1.54, 1.807) is 36.0 Å². The van der Waals surface area contributed by atoms with Crippen molar-refractivity contribution >= 4 is 34.9 Å². The number of hydrogen-bond donors (Lipinski definition) is 2. The number of rotatable bonds is 5. The third-order valence-corrected chi connectivity index (χ3v) is 4.95. The van der Waals surface area contributed by atoms with Gasteiger partial charge >= 0.3 is 0 Å². The van der Waals surface area contributed by atoms with Crippen molar-refractivity contribution in [2.75, 3.05) is 0 Å². The molecule has 0 bridgehead atoms. The smallest absolute Gasteiger partial charge is 0.267 e. The minimum absolute atomic E-state index is 0.369. The van der Waals surface area contributed by atoms with Gasteiger partial charge in [-0.3, -0.25) is 25.4 Å². The lowest BCUT2D eigenvalue weighted by atomic mass is 10.2. The van der Waals surface area contributed by atoms with Gasteiger partial charge in [0.1, 0.15) is 0 Å². The zero-order valence-corrected chi connectivity index (χ0v) is 14.6. The van der Waals surface area contributed by atoms with Crippen molar-refractivity contribution in [1.29, 1.82) is 0 Å². The first-order valence-corrected chi connectivity index (χ1v) is 9.26. The highest BCUT2D eigenvalue weighted by Crippen LogP contribution is 2.26. The second kappa shape index (κ2) is 8.41. The van der Waals surface area contributed by atoms with Crippen molar-refractivity contribution in [3.8, 4) is 0 Å². The van der Waals surface area contributed by atoms with E-state index >= 15 is 0 Å². The van der Waals surface area contributed by atoms with Gasteiger partial charge in [0.15, 0.2) is 0 Å². The van der Waals surface area contributed by atoms with E-state index in [0.717, 1.165) is 10.6 Å². The third-order valence-electron chi connectivity index (χ3n) is 3.20. The summed E-state index contributed by atoms with van der Waals surface area (Å²) >= 11 is 3.06. The molecule has 1 aromatic carbocycles. The summed E-state index contributed by atoms with van der Waals surface area (Å²) in [5.74, 6) is -0.122. The number of carbonyl (C=O) groups is 2. The fraction of sp³-hybridized carbons (Fsp3) is 0.0588.